The second-order valence-corrected chi connectivity index (χ2v) is 4.48. The molecule has 0 saturated carbocycles. The molecule has 2 rings (SSSR count). The second kappa shape index (κ2) is 6.04. The third kappa shape index (κ3) is 3.78. The summed E-state index contributed by atoms with van der Waals surface area (Å²) < 4.78 is 0. The fourth-order valence-corrected chi connectivity index (χ4v) is 1.81. The van der Waals surface area contributed by atoms with E-state index < -0.39 is 18.0 Å². The summed E-state index contributed by atoms with van der Waals surface area (Å²) in [6.45, 7) is 1.39. The van der Waals surface area contributed by atoms with E-state index in [0.29, 0.717) is 11.3 Å². The maximum atomic E-state index is 11.9. The van der Waals surface area contributed by atoms with E-state index in [1.165, 1.54) is 6.92 Å². The summed E-state index contributed by atoms with van der Waals surface area (Å²) in [6.07, 6.45) is 0. The third-order valence-electron chi connectivity index (χ3n) is 2.79. The minimum atomic E-state index is -0.764. The number of hydrogen-bond acceptors (Lipinski definition) is 4. The number of benzene rings is 1. The molecule has 110 valence electrons. The van der Waals surface area contributed by atoms with Crippen LogP contribution < -0.4 is 21.3 Å². The number of rotatable bonds is 4. The van der Waals surface area contributed by atoms with E-state index >= 15 is 0 Å². The lowest BCUT2D eigenvalue weighted by Gasteiger charge is -2.09. The van der Waals surface area contributed by atoms with Crippen molar-refractivity contribution in [3.8, 4) is 0 Å². The van der Waals surface area contributed by atoms with Crippen LogP contribution >= 0.6 is 0 Å². The lowest BCUT2D eigenvalue weighted by Crippen LogP contribution is -2.41. The van der Waals surface area contributed by atoms with Gasteiger partial charge in [-0.15, -0.1) is 0 Å². The molecule has 8 heteroatoms. The molecular weight excluding hydrogens is 276 g/mol. The summed E-state index contributed by atoms with van der Waals surface area (Å²) in [4.78, 5) is 45.0. The highest BCUT2D eigenvalue weighted by Gasteiger charge is 2.29. The van der Waals surface area contributed by atoms with E-state index in [1.54, 1.807) is 24.3 Å². The van der Waals surface area contributed by atoms with Crippen molar-refractivity contribution in [1.82, 2.24) is 16.0 Å². The Morgan fingerprint density at radius 1 is 1.19 bits per heavy atom. The van der Waals surface area contributed by atoms with E-state index in [0.717, 1.165) is 0 Å². The van der Waals surface area contributed by atoms with Crippen LogP contribution in [0.25, 0.3) is 0 Å². The van der Waals surface area contributed by atoms with Gasteiger partial charge in [-0.25, -0.2) is 4.79 Å². The van der Waals surface area contributed by atoms with Crippen molar-refractivity contribution in [2.75, 3.05) is 11.9 Å². The topological polar surface area (TPSA) is 116 Å². The highest BCUT2D eigenvalue weighted by molar-refractivity contribution is 6.04. The standard InChI is InChI=1S/C13H14N4O4/c1-7(18)15-9-4-2-8(3-5-9)11(19)14-6-10-12(20)17-13(21)16-10/h2-5,10H,6H2,1H3,(H,14,19)(H,15,18)(H2,16,17,20,21). The van der Waals surface area contributed by atoms with Gasteiger partial charge in [0.2, 0.25) is 5.91 Å². The SMILES string of the molecule is CC(=O)Nc1ccc(C(=O)NCC2NC(=O)NC2=O)cc1. The van der Waals surface area contributed by atoms with Crippen molar-refractivity contribution in [1.29, 1.82) is 0 Å². The fraction of sp³-hybridized carbons (Fsp3) is 0.231. The van der Waals surface area contributed by atoms with E-state index in [9.17, 15) is 19.2 Å². The average Bonchev–Trinajstić information content (AvgIpc) is 2.74. The van der Waals surface area contributed by atoms with Gasteiger partial charge in [0, 0.05) is 24.7 Å². The van der Waals surface area contributed by atoms with Gasteiger partial charge in [0.05, 0.1) is 0 Å². The lowest BCUT2D eigenvalue weighted by atomic mass is 10.2. The highest BCUT2D eigenvalue weighted by atomic mass is 16.2. The summed E-state index contributed by atoms with van der Waals surface area (Å²) in [6, 6.07) is 4.96. The number of anilines is 1. The minimum Gasteiger partial charge on any atom is -0.349 e. The first-order chi connectivity index (χ1) is 9.95. The molecule has 0 aliphatic carbocycles. The predicted octanol–water partition coefficient (Wildman–Crippen LogP) is -0.417. The number of imide groups is 1. The Kier molecular flexibility index (Phi) is 4.17. The van der Waals surface area contributed by atoms with Gasteiger partial charge >= 0.3 is 6.03 Å². The molecule has 0 aromatic heterocycles. The zero-order chi connectivity index (χ0) is 15.4. The molecule has 1 saturated heterocycles. The summed E-state index contributed by atoms with van der Waals surface area (Å²) in [5, 5.41) is 9.59. The molecule has 1 aliphatic rings. The van der Waals surface area contributed by atoms with Crippen LogP contribution in [0.15, 0.2) is 24.3 Å². The van der Waals surface area contributed by atoms with Crippen LogP contribution in [0.4, 0.5) is 10.5 Å². The number of hydrogen-bond donors (Lipinski definition) is 4. The van der Waals surface area contributed by atoms with E-state index in [4.69, 9.17) is 0 Å². The molecule has 1 atom stereocenters. The van der Waals surface area contributed by atoms with Crippen molar-refractivity contribution in [3.63, 3.8) is 0 Å². The summed E-state index contributed by atoms with van der Waals surface area (Å²) in [5.74, 6) is -1.05. The van der Waals surface area contributed by atoms with Crippen molar-refractivity contribution in [2.45, 2.75) is 13.0 Å². The normalized spacial score (nSPS) is 16.9. The Labute approximate surface area is 120 Å². The first-order valence-electron chi connectivity index (χ1n) is 6.23. The van der Waals surface area contributed by atoms with Crippen LogP contribution in [0.1, 0.15) is 17.3 Å². The van der Waals surface area contributed by atoms with Crippen LogP contribution in [0, 0.1) is 0 Å². The van der Waals surface area contributed by atoms with Gasteiger partial charge in [0.15, 0.2) is 0 Å². The first kappa shape index (κ1) is 14.5. The van der Waals surface area contributed by atoms with Gasteiger partial charge in [-0.05, 0) is 24.3 Å². The number of urea groups is 1. The van der Waals surface area contributed by atoms with E-state index in [-0.39, 0.29) is 18.4 Å². The maximum Gasteiger partial charge on any atom is 0.322 e. The fourth-order valence-electron chi connectivity index (χ4n) is 1.81. The average molecular weight is 290 g/mol. The van der Waals surface area contributed by atoms with Crippen molar-refractivity contribution in [2.24, 2.45) is 0 Å². The molecule has 0 spiro atoms. The molecule has 1 fully saturated rings. The molecule has 0 radical (unpaired) electrons. The molecule has 5 amide bonds. The summed E-state index contributed by atoms with van der Waals surface area (Å²) in [5.41, 5.74) is 0.968. The van der Waals surface area contributed by atoms with Crippen molar-refractivity contribution >= 4 is 29.4 Å². The Balaban J connectivity index is 1.90. The number of carbonyl (C=O) groups is 4. The van der Waals surface area contributed by atoms with Gasteiger partial charge in [-0.3, -0.25) is 19.7 Å². The number of amides is 5. The second-order valence-electron chi connectivity index (χ2n) is 4.48. The molecule has 8 nitrogen and oxygen atoms in total. The molecule has 1 aromatic carbocycles. The van der Waals surface area contributed by atoms with Crippen molar-refractivity contribution in [3.05, 3.63) is 29.8 Å². The Morgan fingerprint density at radius 3 is 2.38 bits per heavy atom. The van der Waals surface area contributed by atoms with Crippen LogP contribution in [-0.4, -0.2) is 36.3 Å². The molecule has 21 heavy (non-hydrogen) atoms. The zero-order valence-corrected chi connectivity index (χ0v) is 11.2. The highest BCUT2D eigenvalue weighted by Crippen LogP contribution is 2.09. The third-order valence-corrected chi connectivity index (χ3v) is 2.79. The number of nitrogens with one attached hydrogen (secondary N) is 4. The summed E-state index contributed by atoms with van der Waals surface area (Å²) in [7, 11) is 0. The zero-order valence-electron chi connectivity index (χ0n) is 11.2. The van der Waals surface area contributed by atoms with Gasteiger partial charge < -0.3 is 16.0 Å². The lowest BCUT2D eigenvalue weighted by molar-refractivity contribution is -0.120. The Bertz CT molecular complexity index is 597. The van der Waals surface area contributed by atoms with Crippen molar-refractivity contribution < 1.29 is 19.2 Å². The van der Waals surface area contributed by atoms with Crippen LogP contribution in [-0.2, 0) is 9.59 Å². The molecule has 0 bridgehead atoms. The molecule has 4 N–H and O–H groups in total. The van der Waals surface area contributed by atoms with E-state index in [1.807, 2.05) is 0 Å². The molecule has 1 unspecified atom stereocenters. The molecule has 1 heterocycles. The van der Waals surface area contributed by atoms with Crippen LogP contribution in [0.3, 0.4) is 0 Å². The van der Waals surface area contributed by atoms with Gasteiger partial charge in [0.25, 0.3) is 11.8 Å². The maximum absolute atomic E-state index is 11.9. The largest absolute Gasteiger partial charge is 0.349 e. The minimum absolute atomic E-state index is 0.00382. The van der Waals surface area contributed by atoms with Gasteiger partial charge in [-0.1, -0.05) is 0 Å². The van der Waals surface area contributed by atoms with E-state index in [2.05, 4.69) is 21.3 Å². The number of carbonyl (C=O) groups excluding carboxylic acids is 4. The molecular formula is C13H14N4O4. The van der Waals surface area contributed by atoms with Gasteiger partial charge in [0.1, 0.15) is 6.04 Å². The predicted molar refractivity (Wildman–Crippen MR) is 73.5 cm³/mol. The first-order valence-corrected chi connectivity index (χ1v) is 6.23. The summed E-state index contributed by atoms with van der Waals surface area (Å²) >= 11 is 0. The van der Waals surface area contributed by atoms with Gasteiger partial charge in [-0.2, -0.15) is 0 Å². The Morgan fingerprint density at radius 2 is 1.86 bits per heavy atom. The quantitative estimate of drug-likeness (QED) is 0.564. The Hall–Kier alpha value is -2.90. The van der Waals surface area contributed by atoms with Crippen LogP contribution in [0.5, 0.6) is 0 Å². The molecule has 1 aliphatic heterocycles. The molecule has 1 aromatic rings. The monoisotopic (exact) mass is 290 g/mol. The van der Waals surface area contributed by atoms with Crippen LogP contribution in [0.2, 0.25) is 0 Å². The smallest absolute Gasteiger partial charge is 0.322 e.